The van der Waals surface area contributed by atoms with Gasteiger partial charge in [0.2, 0.25) is 0 Å². The third-order valence-corrected chi connectivity index (χ3v) is 2.90. The van der Waals surface area contributed by atoms with Crippen LogP contribution in [-0.4, -0.2) is 12.1 Å². The number of nitrogens with zero attached hydrogens (tertiary/aromatic N) is 1. The van der Waals surface area contributed by atoms with Crippen LogP contribution in [0.15, 0.2) is 10.7 Å². The third-order valence-electron chi connectivity index (χ3n) is 1.66. The Morgan fingerprint density at radius 3 is 2.64 bits per heavy atom. The highest BCUT2D eigenvalue weighted by atomic mass is 79.9. The lowest BCUT2D eigenvalue weighted by molar-refractivity contribution is 0.141. The molecule has 0 bridgehead atoms. The number of ether oxygens (including phenoxy) is 1. The molecule has 0 saturated heterocycles. The Labute approximate surface area is 96.9 Å². The average molecular weight is 331 g/mol. The molecule has 6 heteroatoms. The van der Waals surface area contributed by atoms with Gasteiger partial charge in [0.15, 0.2) is 5.75 Å². The second-order valence-corrected chi connectivity index (χ2v) is 3.85. The van der Waals surface area contributed by atoms with Crippen molar-refractivity contribution in [2.24, 2.45) is 0 Å². The average Bonchev–Trinajstić information content (AvgIpc) is 2.16. The van der Waals surface area contributed by atoms with Crippen molar-refractivity contribution in [2.75, 3.05) is 7.11 Å². The van der Waals surface area contributed by atoms with Crippen LogP contribution < -0.4 is 4.74 Å². The highest BCUT2D eigenvalue weighted by Gasteiger charge is 2.20. The lowest BCUT2D eigenvalue weighted by atomic mass is 10.2. The molecule has 0 atom stereocenters. The summed E-state index contributed by atoms with van der Waals surface area (Å²) in [6, 6.07) is 0. The first-order valence-electron chi connectivity index (χ1n) is 3.67. The molecule has 0 fully saturated rings. The lowest BCUT2D eigenvalue weighted by Crippen LogP contribution is -2.00. The molecule has 0 saturated carbocycles. The maximum Gasteiger partial charge on any atom is 0.284 e. The standard InChI is InChI=1S/C8H7Br2F2NO/c1-14-7-4(2-9)5(10)3-13-6(7)8(11)12/h3,8H,2H2,1H3. The zero-order chi connectivity index (χ0) is 10.7. The van der Waals surface area contributed by atoms with Crippen molar-refractivity contribution in [3.8, 4) is 5.75 Å². The Morgan fingerprint density at radius 1 is 1.57 bits per heavy atom. The van der Waals surface area contributed by atoms with E-state index >= 15 is 0 Å². The third kappa shape index (κ3) is 2.23. The van der Waals surface area contributed by atoms with Gasteiger partial charge in [0.1, 0.15) is 5.69 Å². The predicted octanol–water partition coefficient (Wildman–Crippen LogP) is 3.69. The molecule has 0 aliphatic rings. The van der Waals surface area contributed by atoms with Crippen molar-refractivity contribution in [3.05, 3.63) is 21.9 Å². The quantitative estimate of drug-likeness (QED) is 0.789. The molecular formula is C8H7Br2F2NO. The molecular weight excluding hydrogens is 324 g/mol. The minimum atomic E-state index is -2.63. The Morgan fingerprint density at radius 2 is 2.21 bits per heavy atom. The number of aromatic nitrogens is 1. The summed E-state index contributed by atoms with van der Waals surface area (Å²) in [6.45, 7) is 0. The molecule has 0 aromatic carbocycles. The van der Waals surface area contributed by atoms with Crippen molar-refractivity contribution in [1.82, 2.24) is 4.98 Å². The SMILES string of the molecule is COc1c(C(F)F)ncc(Br)c1CBr. The zero-order valence-corrected chi connectivity index (χ0v) is 10.4. The van der Waals surface area contributed by atoms with Gasteiger partial charge in [0, 0.05) is 21.6 Å². The number of methoxy groups -OCH3 is 1. The predicted molar refractivity (Wildman–Crippen MR) is 56.1 cm³/mol. The normalized spacial score (nSPS) is 10.7. The topological polar surface area (TPSA) is 22.1 Å². The summed E-state index contributed by atoms with van der Waals surface area (Å²) in [7, 11) is 1.35. The summed E-state index contributed by atoms with van der Waals surface area (Å²) in [5, 5.41) is 0.430. The van der Waals surface area contributed by atoms with E-state index in [1.165, 1.54) is 13.3 Å². The fourth-order valence-corrected chi connectivity index (χ4v) is 2.39. The van der Waals surface area contributed by atoms with Crippen LogP contribution in [0.25, 0.3) is 0 Å². The molecule has 1 rings (SSSR count). The van der Waals surface area contributed by atoms with Crippen LogP contribution in [0.3, 0.4) is 0 Å². The van der Waals surface area contributed by atoms with Crippen molar-refractivity contribution in [2.45, 2.75) is 11.8 Å². The summed E-state index contributed by atoms with van der Waals surface area (Å²) in [6.07, 6.45) is -1.28. The van der Waals surface area contributed by atoms with E-state index in [0.717, 1.165) is 0 Å². The fourth-order valence-electron chi connectivity index (χ4n) is 1.03. The zero-order valence-electron chi connectivity index (χ0n) is 7.23. The van der Waals surface area contributed by atoms with Crippen molar-refractivity contribution >= 4 is 31.9 Å². The first-order chi connectivity index (χ1) is 6.61. The molecule has 0 spiro atoms. The number of hydrogen-bond donors (Lipinski definition) is 0. The molecule has 0 aliphatic heterocycles. The van der Waals surface area contributed by atoms with Crippen molar-refractivity contribution < 1.29 is 13.5 Å². The molecule has 0 N–H and O–H groups in total. The van der Waals surface area contributed by atoms with Crippen LogP contribution >= 0.6 is 31.9 Å². The largest absolute Gasteiger partial charge is 0.494 e. The number of hydrogen-bond acceptors (Lipinski definition) is 2. The molecule has 0 aliphatic carbocycles. The smallest absolute Gasteiger partial charge is 0.284 e. The van der Waals surface area contributed by atoms with E-state index in [4.69, 9.17) is 4.74 Å². The maximum absolute atomic E-state index is 12.5. The number of pyridine rings is 1. The van der Waals surface area contributed by atoms with E-state index in [1.807, 2.05) is 0 Å². The maximum atomic E-state index is 12.5. The van der Waals surface area contributed by atoms with Gasteiger partial charge in [-0.2, -0.15) is 0 Å². The Kier molecular flexibility index (Phi) is 4.25. The van der Waals surface area contributed by atoms with Gasteiger partial charge in [0.05, 0.1) is 7.11 Å². The Bertz CT molecular complexity index is 333. The summed E-state index contributed by atoms with van der Waals surface area (Å²) in [4.78, 5) is 3.61. The second kappa shape index (κ2) is 5.02. The summed E-state index contributed by atoms with van der Waals surface area (Å²) in [5.41, 5.74) is 0.308. The molecule has 14 heavy (non-hydrogen) atoms. The van der Waals surface area contributed by atoms with Gasteiger partial charge < -0.3 is 4.74 Å². The summed E-state index contributed by atoms with van der Waals surface area (Å²) >= 11 is 6.41. The van der Waals surface area contributed by atoms with Gasteiger partial charge in [-0.15, -0.1) is 0 Å². The van der Waals surface area contributed by atoms with E-state index < -0.39 is 6.43 Å². The van der Waals surface area contributed by atoms with Gasteiger partial charge in [-0.25, -0.2) is 8.78 Å². The van der Waals surface area contributed by atoms with Crippen LogP contribution in [0.1, 0.15) is 17.7 Å². The lowest BCUT2D eigenvalue weighted by Gasteiger charge is -2.11. The monoisotopic (exact) mass is 329 g/mol. The molecule has 0 amide bonds. The highest BCUT2D eigenvalue weighted by molar-refractivity contribution is 9.10. The van der Waals surface area contributed by atoms with Gasteiger partial charge >= 0.3 is 0 Å². The van der Waals surface area contributed by atoms with Crippen LogP contribution in [-0.2, 0) is 5.33 Å². The molecule has 2 nitrogen and oxygen atoms in total. The molecule has 1 heterocycles. The first-order valence-corrected chi connectivity index (χ1v) is 5.58. The molecule has 0 radical (unpaired) electrons. The first kappa shape index (κ1) is 11.8. The second-order valence-electron chi connectivity index (χ2n) is 2.44. The summed E-state index contributed by atoms with van der Waals surface area (Å²) in [5.74, 6) is 0.131. The Balaban J connectivity index is 3.33. The van der Waals surface area contributed by atoms with E-state index in [0.29, 0.717) is 15.4 Å². The van der Waals surface area contributed by atoms with E-state index in [-0.39, 0.29) is 11.4 Å². The van der Waals surface area contributed by atoms with E-state index in [1.54, 1.807) is 0 Å². The van der Waals surface area contributed by atoms with Gasteiger partial charge in [0.25, 0.3) is 6.43 Å². The van der Waals surface area contributed by atoms with Crippen LogP contribution in [0.4, 0.5) is 8.78 Å². The van der Waals surface area contributed by atoms with Crippen LogP contribution in [0, 0.1) is 0 Å². The minimum absolute atomic E-state index is 0.131. The number of halogens is 4. The fraction of sp³-hybridized carbons (Fsp3) is 0.375. The van der Waals surface area contributed by atoms with Gasteiger partial charge in [-0.1, -0.05) is 15.9 Å². The van der Waals surface area contributed by atoms with Crippen molar-refractivity contribution in [1.29, 1.82) is 0 Å². The van der Waals surface area contributed by atoms with E-state index in [2.05, 4.69) is 36.8 Å². The molecule has 0 unspecified atom stereocenters. The number of alkyl halides is 3. The van der Waals surface area contributed by atoms with Crippen LogP contribution in [0.2, 0.25) is 0 Å². The number of rotatable bonds is 3. The van der Waals surface area contributed by atoms with Crippen LogP contribution in [0.5, 0.6) is 5.75 Å². The highest BCUT2D eigenvalue weighted by Crippen LogP contribution is 2.35. The summed E-state index contributed by atoms with van der Waals surface area (Å²) < 4.78 is 30.5. The minimum Gasteiger partial charge on any atom is -0.494 e. The van der Waals surface area contributed by atoms with Gasteiger partial charge in [-0.05, 0) is 15.9 Å². The van der Waals surface area contributed by atoms with Gasteiger partial charge in [-0.3, -0.25) is 4.98 Å². The molecule has 1 aromatic heterocycles. The van der Waals surface area contributed by atoms with Crippen molar-refractivity contribution in [3.63, 3.8) is 0 Å². The molecule has 1 aromatic rings. The molecule has 78 valence electrons. The Hall–Kier alpha value is -0.230. The van der Waals surface area contributed by atoms with E-state index in [9.17, 15) is 8.78 Å².